The Morgan fingerprint density at radius 3 is 2.57 bits per heavy atom. The number of nitrogens with one attached hydrogen (secondary N) is 1. The van der Waals surface area contributed by atoms with E-state index < -0.39 is 0 Å². The second-order valence-electron chi connectivity index (χ2n) is 7.48. The Morgan fingerprint density at radius 2 is 1.77 bits per heavy atom. The van der Waals surface area contributed by atoms with E-state index in [1.54, 1.807) is 22.1 Å². The van der Waals surface area contributed by atoms with Crippen LogP contribution in [-0.4, -0.2) is 15.8 Å². The lowest BCUT2D eigenvalue weighted by Crippen LogP contribution is -2.25. The highest BCUT2D eigenvalue weighted by molar-refractivity contribution is 7.18. The van der Waals surface area contributed by atoms with Crippen molar-refractivity contribution >= 4 is 33.7 Å². The average Bonchev–Trinajstić information content (AvgIpc) is 3.16. The molecule has 1 aliphatic rings. The third-order valence-electron chi connectivity index (χ3n) is 5.44. The smallest absolute Gasteiger partial charge is 0.264 e. The van der Waals surface area contributed by atoms with Crippen LogP contribution < -0.4 is 11.0 Å². The van der Waals surface area contributed by atoms with Gasteiger partial charge < -0.3 is 0 Å². The van der Waals surface area contributed by atoms with E-state index in [0.717, 1.165) is 40.6 Å². The van der Waals surface area contributed by atoms with Crippen LogP contribution in [0.5, 0.6) is 0 Å². The lowest BCUT2D eigenvalue weighted by molar-refractivity contribution is 0.698. The maximum atomic E-state index is 13.6. The van der Waals surface area contributed by atoms with Crippen LogP contribution in [-0.2, 0) is 19.4 Å². The second kappa shape index (κ2) is 8.24. The molecule has 0 bridgehead atoms. The van der Waals surface area contributed by atoms with Crippen LogP contribution in [0.1, 0.15) is 34.4 Å². The Morgan fingerprint density at radius 1 is 1.03 bits per heavy atom. The molecule has 4 aromatic rings. The van der Waals surface area contributed by atoms with E-state index in [4.69, 9.17) is 4.98 Å². The van der Waals surface area contributed by atoms with E-state index in [2.05, 4.69) is 10.5 Å². The largest absolute Gasteiger partial charge is 0.272 e. The Kier molecular flexibility index (Phi) is 5.15. The quantitative estimate of drug-likeness (QED) is 0.376. The van der Waals surface area contributed by atoms with E-state index in [-0.39, 0.29) is 5.56 Å². The molecule has 1 aliphatic carbocycles. The molecule has 5 rings (SSSR count). The molecular formula is C24H22N4OS. The van der Waals surface area contributed by atoms with E-state index in [0.29, 0.717) is 12.5 Å². The Labute approximate surface area is 178 Å². The predicted molar refractivity (Wildman–Crippen MR) is 124 cm³/mol. The van der Waals surface area contributed by atoms with E-state index >= 15 is 0 Å². The number of aryl methyl sites for hydroxylation is 2. The second-order valence-corrected chi connectivity index (χ2v) is 8.57. The lowest BCUT2D eigenvalue weighted by Gasteiger charge is -2.13. The summed E-state index contributed by atoms with van der Waals surface area (Å²) in [5.74, 6) is 0.474. The van der Waals surface area contributed by atoms with Gasteiger partial charge in [-0.15, -0.1) is 11.3 Å². The Bertz CT molecular complexity index is 1260. The Hall–Kier alpha value is -3.25. The van der Waals surface area contributed by atoms with Crippen LogP contribution in [0.25, 0.3) is 10.2 Å². The number of nitrogens with zero attached hydrogens (tertiary/aromatic N) is 3. The van der Waals surface area contributed by atoms with Crippen molar-refractivity contribution in [3.05, 3.63) is 92.6 Å². The predicted octanol–water partition coefficient (Wildman–Crippen LogP) is 4.83. The van der Waals surface area contributed by atoms with Gasteiger partial charge in [-0.1, -0.05) is 60.7 Å². The number of rotatable bonds is 5. The minimum atomic E-state index is 0.0145. The van der Waals surface area contributed by atoms with E-state index in [9.17, 15) is 4.79 Å². The van der Waals surface area contributed by atoms with Crippen molar-refractivity contribution in [1.82, 2.24) is 9.55 Å². The summed E-state index contributed by atoms with van der Waals surface area (Å²) in [7, 11) is 0. The van der Waals surface area contributed by atoms with Crippen LogP contribution in [0, 0.1) is 0 Å². The highest BCUT2D eigenvalue weighted by atomic mass is 32.1. The molecule has 2 heterocycles. The van der Waals surface area contributed by atoms with E-state index in [1.165, 1.54) is 16.9 Å². The molecule has 0 atom stereocenters. The summed E-state index contributed by atoms with van der Waals surface area (Å²) < 4.78 is 1.71. The van der Waals surface area contributed by atoms with Gasteiger partial charge in [0.1, 0.15) is 4.83 Å². The molecule has 0 amide bonds. The molecule has 0 saturated carbocycles. The summed E-state index contributed by atoms with van der Waals surface area (Å²) >= 11 is 1.66. The van der Waals surface area contributed by atoms with Crippen LogP contribution in [0.4, 0.5) is 5.95 Å². The van der Waals surface area contributed by atoms with Gasteiger partial charge in [-0.2, -0.15) is 5.10 Å². The number of hydrogen-bond acceptors (Lipinski definition) is 5. The maximum absolute atomic E-state index is 13.6. The highest BCUT2D eigenvalue weighted by Crippen LogP contribution is 2.34. The normalized spacial score (nSPS) is 13.6. The molecule has 2 aromatic carbocycles. The molecule has 0 unspecified atom stereocenters. The molecule has 0 fully saturated rings. The molecule has 30 heavy (non-hydrogen) atoms. The number of hydrogen-bond donors (Lipinski definition) is 1. The van der Waals surface area contributed by atoms with Gasteiger partial charge in [0.05, 0.1) is 18.1 Å². The monoisotopic (exact) mass is 414 g/mol. The summed E-state index contributed by atoms with van der Waals surface area (Å²) in [6.45, 7) is 0.455. The fourth-order valence-corrected chi connectivity index (χ4v) is 5.19. The van der Waals surface area contributed by atoms with Crippen molar-refractivity contribution < 1.29 is 0 Å². The first-order chi connectivity index (χ1) is 14.8. The van der Waals surface area contributed by atoms with Crippen molar-refractivity contribution in [2.24, 2.45) is 5.10 Å². The van der Waals surface area contributed by atoms with Crippen molar-refractivity contribution in [1.29, 1.82) is 0 Å². The van der Waals surface area contributed by atoms with Crippen LogP contribution in [0.15, 0.2) is 70.6 Å². The molecule has 0 spiro atoms. The van der Waals surface area contributed by atoms with Crippen molar-refractivity contribution in [2.45, 2.75) is 32.2 Å². The Balaban J connectivity index is 1.59. The number of benzene rings is 2. The topological polar surface area (TPSA) is 59.3 Å². The zero-order valence-electron chi connectivity index (χ0n) is 16.5. The summed E-state index contributed by atoms with van der Waals surface area (Å²) in [5, 5.41) is 5.15. The first-order valence-electron chi connectivity index (χ1n) is 10.2. The lowest BCUT2D eigenvalue weighted by atomic mass is 9.97. The van der Waals surface area contributed by atoms with Crippen LogP contribution in [0.2, 0.25) is 0 Å². The number of fused-ring (bicyclic) bond motifs is 3. The SMILES string of the molecule is O=c1c2c3c(sc2nc(N/N=C/c2ccccc2)n1Cc1ccccc1)CCCC3. The fourth-order valence-electron chi connectivity index (χ4n) is 3.94. The minimum Gasteiger partial charge on any atom is -0.272 e. The zero-order chi connectivity index (χ0) is 20.3. The van der Waals surface area contributed by atoms with Gasteiger partial charge in [0, 0.05) is 4.88 Å². The third kappa shape index (κ3) is 3.66. The van der Waals surface area contributed by atoms with Gasteiger partial charge in [0.25, 0.3) is 5.56 Å². The third-order valence-corrected chi connectivity index (χ3v) is 6.62. The van der Waals surface area contributed by atoms with Gasteiger partial charge in [0.15, 0.2) is 0 Å². The summed E-state index contributed by atoms with van der Waals surface area (Å²) in [5.41, 5.74) is 6.28. The number of aromatic nitrogens is 2. The highest BCUT2D eigenvalue weighted by Gasteiger charge is 2.22. The standard InChI is InChI=1S/C24H22N4OS/c29-23-21-19-13-7-8-14-20(19)30-22(21)26-24(27-25-15-17-9-3-1-4-10-17)28(23)16-18-11-5-2-6-12-18/h1-6,9-12,15H,7-8,13-14,16H2,(H,26,27)/b25-15+. The molecule has 6 heteroatoms. The molecule has 1 N–H and O–H groups in total. The minimum absolute atomic E-state index is 0.0145. The number of anilines is 1. The van der Waals surface area contributed by atoms with Crippen molar-refractivity contribution in [2.75, 3.05) is 5.43 Å². The van der Waals surface area contributed by atoms with Gasteiger partial charge in [-0.05, 0) is 42.4 Å². The molecule has 2 aromatic heterocycles. The van der Waals surface area contributed by atoms with Crippen LogP contribution >= 0.6 is 11.3 Å². The number of thiophene rings is 1. The molecule has 5 nitrogen and oxygen atoms in total. The molecule has 0 aliphatic heterocycles. The van der Waals surface area contributed by atoms with Gasteiger partial charge in [-0.25, -0.2) is 10.4 Å². The first kappa shape index (κ1) is 18.8. The summed E-state index contributed by atoms with van der Waals surface area (Å²) in [4.78, 5) is 20.5. The summed E-state index contributed by atoms with van der Waals surface area (Å²) in [6.07, 6.45) is 6.07. The fraction of sp³-hybridized carbons (Fsp3) is 0.208. The molecule has 150 valence electrons. The van der Waals surface area contributed by atoms with Gasteiger partial charge in [0.2, 0.25) is 5.95 Å². The number of hydrazone groups is 1. The van der Waals surface area contributed by atoms with Crippen LogP contribution in [0.3, 0.4) is 0 Å². The van der Waals surface area contributed by atoms with Crippen molar-refractivity contribution in [3.8, 4) is 0 Å². The van der Waals surface area contributed by atoms with Gasteiger partial charge >= 0.3 is 0 Å². The molecule has 0 saturated heterocycles. The molecular weight excluding hydrogens is 392 g/mol. The zero-order valence-corrected chi connectivity index (χ0v) is 17.4. The van der Waals surface area contributed by atoms with Gasteiger partial charge in [-0.3, -0.25) is 9.36 Å². The first-order valence-corrected chi connectivity index (χ1v) is 11.0. The van der Waals surface area contributed by atoms with E-state index in [1.807, 2.05) is 60.7 Å². The molecule has 0 radical (unpaired) electrons. The van der Waals surface area contributed by atoms with Crippen molar-refractivity contribution in [3.63, 3.8) is 0 Å². The maximum Gasteiger partial charge on any atom is 0.264 e. The average molecular weight is 415 g/mol. The summed E-state index contributed by atoms with van der Waals surface area (Å²) in [6, 6.07) is 19.9.